The molecule has 0 aliphatic carbocycles. The summed E-state index contributed by atoms with van der Waals surface area (Å²) in [5, 5.41) is 19.6. The fraction of sp³-hybridized carbons (Fsp3) is 0.240. The normalized spacial score (nSPS) is 13.6. The van der Waals surface area contributed by atoms with Crippen LogP contribution in [-0.4, -0.2) is 33.8 Å². The largest absolute Gasteiger partial charge is 0.392 e. The molecule has 0 aliphatic heterocycles. The van der Waals surface area contributed by atoms with Gasteiger partial charge in [0.15, 0.2) is 0 Å². The third-order valence-corrected chi connectivity index (χ3v) is 5.90. The molecule has 0 spiro atoms. The zero-order valence-corrected chi connectivity index (χ0v) is 19.6. The van der Waals surface area contributed by atoms with Crippen LogP contribution in [0.25, 0.3) is 11.0 Å². The number of H-pyrrole nitrogens is 2. The van der Waals surface area contributed by atoms with E-state index in [1.165, 1.54) is 0 Å². The SMILES string of the molecule is CC(O)C(CNc1ccc2[nH]c(=O)[nH]c2c1)NNc1ccc(C(N=O)c2ccc(CN=O)cc2)cc1. The van der Waals surface area contributed by atoms with Crippen LogP contribution in [0.15, 0.2) is 81.9 Å². The lowest BCUT2D eigenvalue weighted by atomic mass is 9.98. The van der Waals surface area contributed by atoms with Gasteiger partial charge in [0.1, 0.15) is 12.6 Å². The number of nitroso groups, excluding NO2 is 2. The van der Waals surface area contributed by atoms with Crippen LogP contribution in [0.1, 0.15) is 29.7 Å². The second kappa shape index (κ2) is 11.4. The number of hydrazine groups is 1. The smallest absolute Gasteiger partial charge is 0.323 e. The number of hydrogen-bond donors (Lipinski definition) is 6. The first-order chi connectivity index (χ1) is 17.5. The second-order valence-corrected chi connectivity index (χ2v) is 8.50. The lowest BCUT2D eigenvalue weighted by molar-refractivity contribution is 0.154. The molecule has 4 aromatic rings. The number of aliphatic hydroxyl groups is 1. The fourth-order valence-corrected chi connectivity index (χ4v) is 3.83. The van der Waals surface area contributed by atoms with Gasteiger partial charge in [-0.05, 0) is 53.9 Å². The van der Waals surface area contributed by atoms with E-state index in [0.717, 1.165) is 33.6 Å². The molecule has 0 bridgehead atoms. The zero-order chi connectivity index (χ0) is 25.5. The van der Waals surface area contributed by atoms with Crippen molar-refractivity contribution in [2.45, 2.75) is 31.7 Å². The van der Waals surface area contributed by atoms with Crippen molar-refractivity contribution in [3.63, 3.8) is 0 Å². The average Bonchev–Trinajstić information content (AvgIpc) is 3.25. The molecule has 0 saturated heterocycles. The van der Waals surface area contributed by atoms with Crippen LogP contribution in [0.3, 0.4) is 0 Å². The van der Waals surface area contributed by atoms with Gasteiger partial charge in [0.2, 0.25) is 0 Å². The van der Waals surface area contributed by atoms with Crippen molar-refractivity contribution in [3.8, 4) is 0 Å². The van der Waals surface area contributed by atoms with Crippen LogP contribution in [0.5, 0.6) is 0 Å². The molecular formula is C25H27N7O4. The number of rotatable bonds is 12. The van der Waals surface area contributed by atoms with E-state index in [9.17, 15) is 19.7 Å². The van der Waals surface area contributed by atoms with E-state index in [1.807, 2.05) is 24.3 Å². The van der Waals surface area contributed by atoms with Crippen LogP contribution >= 0.6 is 0 Å². The Morgan fingerprint density at radius 1 is 0.889 bits per heavy atom. The van der Waals surface area contributed by atoms with Crippen molar-refractivity contribution in [2.75, 3.05) is 17.3 Å². The van der Waals surface area contributed by atoms with Gasteiger partial charge in [-0.3, -0.25) is 0 Å². The van der Waals surface area contributed by atoms with E-state index in [-0.39, 0.29) is 18.3 Å². The number of aromatic amines is 2. The number of nitrogens with zero attached hydrogens (tertiary/aromatic N) is 2. The predicted molar refractivity (Wildman–Crippen MR) is 140 cm³/mol. The lowest BCUT2D eigenvalue weighted by Crippen LogP contribution is -2.46. The topological polar surface area (TPSA) is 164 Å². The van der Waals surface area contributed by atoms with Crippen molar-refractivity contribution >= 4 is 22.4 Å². The van der Waals surface area contributed by atoms with E-state index in [2.05, 4.69) is 36.5 Å². The number of aromatic nitrogens is 2. The molecule has 0 aliphatic rings. The standard InChI is InChI=1S/C25H27N7O4/c1-15(33)23(14-26-20-10-11-21-22(12-20)29-25(34)28-21)31-30-19-8-6-18(7-9-19)24(32-36)17-4-2-16(3-5-17)13-27-35/h2-12,15,23-24,26,30-31,33H,13-14H2,1H3,(H2,28,29,34). The van der Waals surface area contributed by atoms with E-state index in [1.54, 1.807) is 49.4 Å². The summed E-state index contributed by atoms with van der Waals surface area (Å²) >= 11 is 0. The maximum absolute atomic E-state index is 11.6. The van der Waals surface area contributed by atoms with Gasteiger partial charge >= 0.3 is 5.69 Å². The fourth-order valence-electron chi connectivity index (χ4n) is 3.83. The molecule has 3 unspecified atom stereocenters. The summed E-state index contributed by atoms with van der Waals surface area (Å²) in [5.41, 5.74) is 11.1. The molecule has 0 radical (unpaired) electrons. The lowest BCUT2D eigenvalue weighted by Gasteiger charge is -2.23. The van der Waals surface area contributed by atoms with Crippen molar-refractivity contribution in [1.82, 2.24) is 15.4 Å². The molecule has 36 heavy (non-hydrogen) atoms. The summed E-state index contributed by atoms with van der Waals surface area (Å²) in [4.78, 5) is 38.8. The minimum atomic E-state index is -0.674. The monoisotopic (exact) mass is 489 g/mol. The Hall–Kier alpha value is -4.35. The van der Waals surface area contributed by atoms with Gasteiger partial charge in [0, 0.05) is 17.9 Å². The van der Waals surface area contributed by atoms with Crippen LogP contribution in [-0.2, 0) is 6.54 Å². The Morgan fingerprint density at radius 2 is 1.53 bits per heavy atom. The number of imidazole rings is 1. The minimum Gasteiger partial charge on any atom is -0.392 e. The number of fused-ring (bicyclic) bond motifs is 1. The molecule has 1 heterocycles. The van der Waals surface area contributed by atoms with E-state index in [0.29, 0.717) is 12.1 Å². The first-order valence-corrected chi connectivity index (χ1v) is 11.4. The predicted octanol–water partition coefficient (Wildman–Crippen LogP) is 3.76. The van der Waals surface area contributed by atoms with Crippen molar-refractivity contribution < 1.29 is 5.11 Å². The molecule has 0 amide bonds. The molecule has 1 aromatic heterocycles. The molecule has 4 rings (SSSR count). The summed E-state index contributed by atoms with van der Waals surface area (Å²) in [6, 6.07) is 18.8. The van der Waals surface area contributed by atoms with Crippen molar-refractivity contribution in [3.05, 3.63) is 104 Å². The molecule has 11 heteroatoms. The van der Waals surface area contributed by atoms with Gasteiger partial charge in [0.05, 0.1) is 23.2 Å². The maximum Gasteiger partial charge on any atom is 0.323 e. The molecule has 0 saturated carbocycles. The molecule has 3 atom stereocenters. The van der Waals surface area contributed by atoms with Crippen LogP contribution in [0, 0.1) is 9.81 Å². The molecular weight excluding hydrogens is 462 g/mol. The Bertz CT molecular complexity index is 1360. The first-order valence-electron chi connectivity index (χ1n) is 11.4. The Morgan fingerprint density at radius 3 is 2.17 bits per heavy atom. The average molecular weight is 490 g/mol. The van der Waals surface area contributed by atoms with Crippen LogP contribution in [0.2, 0.25) is 0 Å². The summed E-state index contributed by atoms with van der Waals surface area (Å²) in [6.45, 7) is 2.18. The Kier molecular flexibility index (Phi) is 7.83. The third-order valence-electron chi connectivity index (χ3n) is 5.90. The van der Waals surface area contributed by atoms with Gasteiger partial charge in [-0.1, -0.05) is 46.8 Å². The van der Waals surface area contributed by atoms with Gasteiger partial charge in [-0.15, -0.1) is 4.91 Å². The van der Waals surface area contributed by atoms with Crippen molar-refractivity contribution in [1.29, 1.82) is 0 Å². The summed E-state index contributed by atoms with van der Waals surface area (Å²) in [5.74, 6) is 0. The highest BCUT2D eigenvalue weighted by Gasteiger charge is 2.16. The highest BCUT2D eigenvalue weighted by molar-refractivity contribution is 5.78. The second-order valence-electron chi connectivity index (χ2n) is 8.50. The minimum absolute atomic E-state index is 0.0822. The van der Waals surface area contributed by atoms with Gasteiger partial charge < -0.3 is 25.8 Å². The van der Waals surface area contributed by atoms with Crippen LogP contribution < -0.4 is 21.9 Å². The first kappa shape index (κ1) is 24.8. The number of aliphatic hydroxyl groups excluding tert-OH is 1. The Labute approximate surface area is 206 Å². The summed E-state index contributed by atoms with van der Waals surface area (Å²) in [6.07, 6.45) is -0.666. The number of benzene rings is 3. The van der Waals surface area contributed by atoms with Gasteiger partial charge in [-0.25, -0.2) is 10.2 Å². The molecule has 6 N–H and O–H groups in total. The highest BCUT2D eigenvalue weighted by Crippen LogP contribution is 2.27. The van der Waals surface area contributed by atoms with E-state index in [4.69, 9.17) is 0 Å². The van der Waals surface area contributed by atoms with Crippen molar-refractivity contribution in [2.24, 2.45) is 10.4 Å². The van der Waals surface area contributed by atoms with Crippen LogP contribution in [0.4, 0.5) is 11.4 Å². The summed E-state index contributed by atoms with van der Waals surface area (Å²) in [7, 11) is 0. The van der Waals surface area contributed by atoms with E-state index >= 15 is 0 Å². The summed E-state index contributed by atoms with van der Waals surface area (Å²) < 4.78 is 0. The third kappa shape index (κ3) is 6.01. The number of hydrogen-bond acceptors (Lipinski definition) is 9. The van der Waals surface area contributed by atoms with Gasteiger partial charge in [-0.2, -0.15) is 4.91 Å². The molecule has 186 valence electrons. The molecule has 0 fully saturated rings. The molecule has 3 aromatic carbocycles. The van der Waals surface area contributed by atoms with E-state index < -0.39 is 12.1 Å². The Balaban J connectivity index is 1.35. The quantitative estimate of drug-likeness (QED) is 0.130. The highest BCUT2D eigenvalue weighted by atomic mass is 16.3. The zero-order valence-electron chi connectivity index (χ0n) is 19.6. The number of nitrogens with one attached hydrogen (secondary N) is 5. The van der Waals surface area contributed by atoms with Gasteiger partial charge in [0.25, 0.3) is 0 Å². The number of anilines is 2. The maximum atomic E-state index is 11.6. The molecule has 11 nitrogen and oxygen atoms in total.